The first-order valence-electron chi connectivity index (χ1n) is 10.0. The fraction of sp³-hybridized carbons (Fsp3) is 0.125. The zero-order chi connectivity index (χ0) is 24.1. The van der Waals surface area contributed by atoms with Crippen LogP contribution in [-0.2, 0) is 22.3 Å². The highest BCUT2D eigenvalue weighted by atomic mass is 32.2. The number of carbonyl (C=O) groups is 1. The lowest BCUT2D eigenvalue weighted by Crippen LogP contribution is -2.13. The number of hydrogen-bond donors (Lipinski definition) is 0. The number of alkyl halides is 3. The molecule has 0 aliphatic heterocycles. The minimum Gasteiger partial charge on any atom is -0.460 e. The molecule has 0 saturated carbocycles. The molecule has 1 heterocycles. The molecular weight excluding hydrogens is 470 g/mol. The van der Waals surface area contributed by atoms with Crippen LogP contribution in [0.5, 0.6) is 0 Å². The van der Waals surface area contributed by atoms with E-state index in [-0.39, 0.29) is 17.1 Å². The quantitative estimate of drug-likeness (QED) is 0.184. The summed E-state index contributed by atoms with van der Waals surface area (Å²) in [5.74, 6) is -0.837. The highest BCUT2D eigenvalue weighted by Crippen LogP contribution is 2.32. The molecule has 0 saturated heterocycles. The van der Waals surface area contributed by atoms with E-state index in [4.69, 9.17) is 4.74 Å². The van der Waals surface area contributed by atoms with Crippen LogP contribution >= 0.6 is 11.8 Å². The Hall–Kier alpha value is -3.66. The third-order valence-corrected chi connectivity index (χ3v) is 5.68. The number of carbonyl (C=O) groups excluding carboxylic acids is 1. The van der Waals surface area contributed by atoms with E-state index in [1.807, 2.05) is 30.3 Å². The van der Waals surface area contributed by atoms with Crippen LogP contribution < -0.4 is 0 Å². The van der Waals surface area contributed by atoms with Gasteiger partial charge in [-0.2, -0.15) is 13.2 Å². The molecule has 5 nitrogen and oxygen atoms in total. The number of ether oxygens (including phenoxy) is 1. The second kappa shape index (κ2) is 10.1. The molecule has 10 heteroatoms. The summed E-state index contributed by atoms with van der Waals surface area (Å²) in [6.07, 6.45) is -4.54. The minimum atomic E-state index is -4.54. The first-order chi connectivity index (χ1) is 16.3. The van der Waals surface area contributed by atoms with E-state index >= 15 is 0 Å². The van der Waals surface area contributed by atoms with Crippen LogP contribution in [-0.4, -0.2) is 26.5 Å². The molecule has 0 bridgehead atoms. The maximum atomic E-state index is 13.4. The number of hydrogen-bond acceptors (Lipinski definition) is 5. The number of para-hydroxylation sites is 1. The Labute approximate surface area is 196 Å². The van der Waals surface area contributed by atoms with Crippen LogP contribution in [0.1, 0.15) is 11.1 Å². The SMILES string of the molecule is O=C(CSc1nnc(-c2ccc(F)cc2)n1-c1ccccc1)OCc1ccccc1C(F)(F)F. The minimum absolute atomic E-state index is 0.126. The van der Waals surface area contributed by atoms with Crippen molar-refractivity contribution >= 4 is 17.7 Å². The predicted octanol–water partition coefficient (Wildman–Crippen LogP) is 5.93. The van der Waals surface area contributed by atoms with E-state index in [0.717, 1.165) is 23.5 Å². The molecule has 174 valence electrons. The molecule has 34 heavy (non-hydrogen) atoms. The number of aromatic nitrogens is 3. The summed E-state index contributed by atoms with van der Waals surface area (Å²) in [6.45, 7) is -0.499. The monoisotopic (exact) mass is 487 g/mol. The maximum Gasteiger partial charge on any atom is 0.416 e. The van der Waals surface area contributed by atoms with Gasteiger partial charge in [-0.15, -0.1) is 10.2 Å². The van der Waals surface area contributed by atoms with Gasteiger partial charge in [0.25, 0.3) is 0 Å². The topological polar surface area (TPSA) is 57.0 Å². The van der Waals surface area contributed by atoms with Gasteiger partial charge < -0.3 is 4.74 Å². The molecule has 3 aromatic carbocycles. The van der Waals surface area contributed by atoms with Crippen LogP contribution in [0, 0.1) is 5.82 Å². The average molecular weight is 487 g/mol. The van der Waals surface area contributed by atoms with Crippen molar-refractivity contribution in [1.29, 1.82) is 0 Å². The Balaban J connectivity index is 1.50. The fourth-order valence-corrected chi connectivity index (χ4v) is 3.96. The molecule has 4 aromatic rings. The van der Waals surface area contributed by atoms with Crippen molar-refractivity contribution < 1.29 is 27.1 Å². The van der Waals surface area contributed by atoms with Gasteiger partial charge in [0.15, 0.2) is 11.0 Å². The van der Waals surface area contributed by atoms with Crippen molar-refractivity contribution in [3.05, 3.63) is 95.8 Å². The smallest absolute Gasteiger partial charge is 0.416 e. The number of benzene rings is 3. The summed E-state index contributed by atoms with van der Waals surface area (Å²) < 4.78 is 59.5. The molecule has 0 radical (unpaired) electrons. The number of rotatable bonds is 7. The van der Waals surface area contributed by atoms with Gasteiger partial charge in [0, 0.05) is 16.8 Å². The van der Waals surface area contributed by atoms with Crippen LogP contribution in [0.2, 0.25) is 0 Å². The molecule has 0 spiro atoms. The van der Waals surface area contributed by atoms with Gasteiger partial charge in [0.1, 0.15) is 12.4 Å². The van der Waals surface area contributed by atoms with Gasteiger partial charge in [-0.1, -0.05) is 48.2 Å². The third kappa shape index (κ3) is 5.45. The standard InChI is InChI=1S/C24H17F4N3O2S/c25-18-12-10-16(11-13-18)22-29-30-23(31(22)19-7-2-1-3-8-19)34-15-21(32)33-14-17-6-4-5-9-20(17)24(26,27)28/h1-13H,14-15H2. The van der Waals surface area contributed by atoms with E-state index in [1.165, 1.54) is 30.3 Å². The lowest BCUT2D eigenvalue weighted by atomic mass is 10.1. The molecule has 0 unspecified atom stereocenters. The highest BCUT2D eigenvalue weighted by molar-refractivity contribution is 7.99. The zero-order valence-electron chi connectivity index (χ0n) is 17.5. The predicted molar refractivity (Wildman–Crippen MR) is 119 cm³/mol. The third-order valence-electron chi connectivity index (χ3n) is 4.78. The van der Waals surface area contributed by atoms with Crippen molar-refractivity contribution in [1.82, 2.24) is 14.8 Å². The molecule has 0 fully saturated rings. The maximum absolute atomic E-state index is 13.4. The zero-order valence-corrected chi connectivity index (χ0v) is 18.3. The first-order valence-corrected chi connectivity index (χ1v) is 11.0. The molecule has 0 aliphatic rings. The Kier molecular flexibility index (Phi) is 6.97. The first kappa shape index (κ1) is 23.5. The summed E-state index contributed by atoms with van der Waals surface area (Å²) in [7, 11) is 0. The Morgan fingerprint density at radius 1 is 0.912 bits per heavy atom. The van der Waals surface area contributed by atoms with Crippen LogP contribution in [0.25, 0.3) is 17.1 Å². The molecule has 0 N–H and O–H groups in total. The average Bonchev–Trinajstić information content (AvgIpc) is 3.26. The van der Waals surface area contributed by atoms with Gasteiger partial charge in [-0.3, -0.25) is 9.36 Å². The van der Waals surface area contributed by atoms with Crippen molar-refractivity contribution in [2.24, 2.45) is 0 Å². The summed E-state index contributed by atoms with van der Waals surface area (Å²) >= 11 is 1.03. The van der Waals surface area contributed by atoms with Crippen molar-refractivity contribution in [2.45, 2.75) is 17.9 Å². The van der Waals surface area contributed by atoms with Crippen LogP contribution in [0.4, 0.5) is 17.6 Å². The summed E-state index contributed by atoms with van der Waals surface area (Å²) in [5, 5.41) is 8.72. The molecule has 0 aliphatic carbocycles. The van der Waals surface area contributed by atoms with E-state index in [9.17, 15) is 22.4 Å². The van der Waals surface area contributed by atoms with Gasteiger partial charge >= 0.3 is 12.1 Å². The second-order valence-electron chi connectivity index (χ2n) is 7.09. The Bertz CT molecular complexity index is 1280. The molecule has 4 rings (SSSR count). The van der Waals surface area contributed by atoms with Gasteiger partial charge in [-0.25, -0.2) is 4.39 Å². The molecular formula is C24H17F4N3O2S. The molecule has 0 amide bonds. The lowest BCUT2D eigenvalue weighted by molar-refractivity contribution is -0.145. The number of nitrogens with zero attached hydrogens (tertiary/aromatic N) is 3. The largest absolute Gasteiger partial charge is 0.460 e. The van der Waals surface area contributed by atoms with Gasteiger partial charge in [0.05, 0.1) is 11.3 Å². The molecule has 0 atom stereocenters. The lowest BCUT2D eigenvalue weighted by Gasteiger charge is -2.13. The number of halogens is 4. The fourth-order valence-electron chi connectivity index (χ4n) is 3.21. The van der Waals surface area contributed by atoms with Crippen molar-refractivity contribution in [3.8, 4) is 17.1 Å². The van der Waals surface area contributed by atoms with Gasteiger partial charge in [0.2, 0.25) is 0 Å². The van der Waals surface area contributed by atoms with E-state index in [0.29, 0.717) is 16.5 Å². The van der Waals surface area contributed by atoms with Crippen LogP contribution in [0.15, 0.2) is 84.0 Å². The van der Waals surface area contributed by atoms with E-state index < -0.39 is 24.3 Å². The van der Waals surface area contributed by atoms with Crippen LogP contribution in [0.3, 0.4) is 0 Å². The van der Waals surface area contributed by atoms with E-state index in [1.54, 1.807) is 16.7 Å². The highest BCUT2D eigenvalue weighted by Gasteiger charge is 2.33. The Morgan fingerprint density at radius 3 is 2.29 bits per heavy atom. The summed E-state index contributed by atoms with van der Waals surface area (Å²) in [5.41, 5.74) is 0.375. The van der Waals surface area contributed by atoms with Gasteiger partial charge in [-0.05, 0) is 42.5 Å². The van der Waals surface area contributed by atoms with E-state index in [2.05, 4.69) is 10.2 Å². The second-order valence-corrected chi connectivity index (χ2v) is 8.03. The van der Waals surface area contributed by atoms with Crippen molar-refractivity contribution in [2.75, 3.05) is 5.75 Å². The summed E-state index contributed by atoms with van der Waals surface area (Å²) in [6, 6.07) is 19.8. The molecule has 1 aromatic heterocycles. The van der Waals surface area contributed by atoms with Crippen molar-refractivity contribution in [3.63, 3.8) is 0 Å². The Morgan fingerprint density at radius 2 is 1.59 bits per heavy atom. The normalized spacial score (nSPS) is 11.4. The number of thioether (sulfide) groups is 1. The summed E-state index contributed by atoms with van der Waals surface area (Å²) in [4.78, 5) is 12.3. The number of esters is 1.